The molecule has 0 saturated carbocycles. The number of phenols is 1. The quantitative estimate of drug-likeness (QED) is 0.675. The Bertz CT molecular complexity index is 895. The third-order valence-electron chi connectivity index (χ3n) is 3.43. The number of hydrogen-bond acceptors (Lipinski definition) is 4. The van der Waals surface area contributed by atoms with Crippen molar-refractivity contribution in [1.82, 2.24) is 4.98 Å². The molecule has 0 aliphatic carbocycles. The van der Waals surface area contributed by atoms with Crippen molar-refractivity contribution in [1.29, 1.82) is 0 Å². The first-order valence-electron chi connectivity index (χ1n) is 7.09. The van der Waals surface area contributed by atoms with E-state index in [1.54, 1.807) is 30.3 Å². The van der Waals surface area contributed by atoms with Crippen LogP contribution in [0.25, 0.3) is 11.3 Å². The Kier molecular flexibility index (Phi) is 4.11. The van der Waals surface area contributed by atoms with Gasteiger partial charge in [-0.1, -0.05) is 12.1 Å². The van der Waals surface area contributed by atoms with Gasteiger partial charge in [-0.3, -0.25) is 4.98 Å². The largest absolute Gasteiger partial charge is 0.508 e. The second kappa shape index (κ2) is 6.37. The third-order valence-corrected chi connectivity index (χ3v) is 3.43. The molecule has 5 nitrogen and oxygen atoms in total. The van der Waals surface area contributed by atoms with Crippen molar-refractivity contribution in [3.8, 4) is 17.0 Å². The molecule has 24 heavy (non-hydrogen) atoms. The number of rotatable bonds is 4. The Labute approximate surface area is 137 Å². The molecule has 3 N–H and O–H groups in total. The average molecular weight is 324 g/mol. The van der Waals surface area contributed by atoms with E-state index >= 15 is 0 Å². The van der Waals surface area contributed by atoms with E-state index in [2.05, 4.69) is 10.3 Å². The molecule has 0 amide bonds. The minimum Gasteiger partial charge on any atom is -0.508 e. The van der Waals surface area contributed by atoms with E-state index in [4.69, 9.17) is 0 Å². The van der Waals surface area contributed by atoms with Gasteiger partial charge in [-0.25, -0.2) is 9.18 Å². The first-order chi connectivity index (χ1) is 11.5. The predicted octanol–water partition coefficient (Wildman–Crippen LogP) is 4.04. The van der Waals surface area contributed by atoms with E-state index in [9.17, 15) is 19.4 Å². The number of carboxylic acid groups (broad SMARTS) is 1. The summed E-state index contributed by atoms with van der Waals surface area (Å²) in [5.41, 5.74) is 1.68. The molecule has 0 atom stereocenters. The maximum absolute atomic E-state index is 13.8. The molecule has 0 aliphatic rings. The molecule has 6 heteroatoms. The van der Waals surface area contributed by atoms with Crippen LogP contribution in [0.5, 0.6) is 5.75 Å². The molecule has 3 aromatic rings. The van der Waals surface area contributed by atoms with E-state index in [0.717, 1.165) is 0 Å². The number of aromatic hydroxyl groups is 1. The van der Waals surface area contributed by atoms with Gasteiger partial charge >= 0.3 is 5.97 Å². The van der Waals surface area contributed by atoms with Crippen molar-refractivity contribution in [2.75, 3.05) is 5.32 Å². The number of halogens is 1. The number of aromatic carboxylic acids is 1. The number of benzene rings is 2. The molecule has 0 unspecified atom stereocenters. The lowest BCUT2D eigenvalue weighted by Crippen LogP contribution is -2.02. The fourth-order valence-corrected chi connectivity index (χ4v) is 2.27. The zero-order valence-corrected chi connectivity index (χ0v) is 12.4. The molecule has 0 radical (unpaired) electrons. The Balaban J connectivity index is 1.88. The molecule has 0 saturated heterocycles. The Hall–Kier alpha value is -3.41. The number of anilines is 2. The summed E-state index contributed by atoms with van der Waals surface area (Å²) in [4.78, 5) is 15.4. The molecule has 0 spiro atoms. The normalized spacial score (nSPS) is 10.4. The Morgan fingerprint density at radius 3 is 2.58 bits per heavy atom. The number of nitrogens with zero attached hydrogens (tertiary/aromatic N) is 1. The van der Waals surface area contributed by atoms with Gasteiger partial charge in [-0.15, -0.1) is 0 Å². The summed E-state index contributed by atoms with van der Waals surface area (Å²) in [5, 5.41) is 21.6. The van der Waals surface area contributed by atoms with E-state index < -0.39 is 11.8 Å². The average Bonchev–Trinajstić information content (AvgIpc) is 2.58. The van der Waals surface area contributed by atoms with Crippen LogP contribution >= 0.6 is 0 Å². The van der Waals surface area contributed by atoms with Gasteiger partial charge in [-0.05, 0) is 42.5 Å². The van der Waals surface area contributed by atoms with Crippen LogP contribution in [0.3, 0.4) is 0 Å². The number of hydrogen-bond donors (Lipinski definition) is 3. The molecule has 3 rings (SSSR count). The number of carbonyl (C=O) groups is 1. The topological polar surface area (TPSA) is 82.5 Å². The van der Waals surface area contributed by atoms with Gasteiger partial charge in [0.15, 0.2) is 0 Å². The summed E-state index contributed by atoms with van der Waals surface area (Å²) >= 11 is 0. The van der Waals surface area contributed by atoms with E-state index in [1.807, 2.05) is 0 Å². The van der Waals surface area contributed by atoms with Crippen molar-refractivity contribution in [3.05, 3.63) is 72.2 Å². The number of carboxylic acids is 1. The lowest BCUT2D eigenvalue weighted by Gasteiger charge is -2.10. The summed E-state index contributed by atoms with van der Waals surface area (Å²) in [6, 6.07) is 13.5. The monoisotopic (exact) mass is 324 g/mol. The molecular weight excluding hydrogens is 311 g/mol. The van der Waals surface area contributed by atoms with Gasteiger partial charge in [0.2, 0.25) is 0 Å². The van der Waals surface area contributed by atoms with Crippen molar-refractivity contribution in [2.45, 2.75) is 0 Å². The number of pyridine rings is 1. The van der Waals surface area contributed by atoms with Crippen molar-refractivity contribution < 1.29 is 19.4 Å². The zero-order chi connectivity index (χ0) is 17.1. The van der Waals surface area contributed by atoms with Crippen LogP contribution in [-0.4, -0.2) is 21.2 Å². The molecule has 0 bridgehead atoms. The fraction of sp³-hybridized carbons (Fsp3) is 0. The van der Waals surface area contributed by atoms with Gasteiger partial charge in [0.1, 0.15) is 11.6 Å². The fourth-order valence-electron chi connectivity index (χ4n) is 2.27. The van der Waals surface area contributed by atoms with Gasteiger partial charge in [0, 0.05) is 5.56 Å². The van der Waals surface area contributed by atoms with Crippen LogP contribution < -0.4 is 5.32 Å². The molecular formula is C18H13FN2O3. The Morgan fingerprint density at radius 2 is 1.88 bits per heavy atom. The van der Waals surface area contributed by atoms with E-state index in [1.165, 1.54) is 30.5 Å². The minimum atomic E-state index is -1.04. The zero-order valence-electron chi connectivity index (χ0n) is 12.4. The van der Waals surface area contributed by atoms with Crippen molar-refractivity contribution in [2.24, 2.45) is 0 Å². The summed E-state index contributed by atoms with van der Waals surface area (Å²) in [6.45, 7) is 0. The standard InChI is InChI=1S/C18H13FN2O3/c19-15-7-6-12(22)9-14(15)16-8-5-11(10-20-16)21-17-4-2-1-3-13(17)18(23)24/h1-10,21-22H,(H,23,24). The minimum absolute atomic E-state index is 0.0502. The molecule has 0 fully saturated rings. The summed E-state index contributed by atoms with van der Waals surface area (Å²) in [6.07, 6.45) is 1.47. The van der Waals surface area contributed by atoms with Crippen molar-refractivity contribution >= 4 is 17.3 Å². The van der Waals surface area contributed by atoms with E-state index in [0.29, 0.717) is 17.1 Å². The summed E-state index contributed by atoms with van der Waals surface area (Å²) in [7, 11) is 0. The number of phenolic OH excluding ortho intramolecular Hbond substituents is 1. The lowest BCUT2D eigenvalue weighted by molar-refractivity contribution is 0.0698. The highest BCUT2D eigenvalue weighted by Gasteiger charge is 2.10. The summed E-state index contributed by atoms with van der Waals surface area (Å²) < 4.78 is 13.8. The maximum atomic E-state index is 13.8. The third kappa shape index (κ3) is 3.17. The smallest absolute Gasteiger partial charge is 0.337 e. The van der Waals surface area contributed by atoms with Gasteiger partial charge in [0.05, 0.1) is 28.8 Å². The van der Waals surface area contributed by atoms with Crippen LogP contribution in [-0.2, 0) is 0 Å². The highest BCUT2D eigenvalue weighted by Crippen LogP contribution is 2.27. The number of nitrogens with one attached hydrogen (secondary N) is 1. The van der Waals surface area contributed by atoms with Gasteiger partial charge < -0.3 is 15.5 Å². The molecule has 2 aromatic carbocycles. The SMILES string of the molecule is O=C(O)c1ccccc1Nc1ccc(-c2cc(O)ccc2F)nc1. The van der Waals surface area contributed by atoms with Crippen LogP contribution in [0, 0.1) is 5.82 Å². The number of aromatic nitrogens is 1. The van der Waals surface area contributed by atoms with Crippen molar-refractivity contribution in [3.63, 3.8) is 0 Å². The Morgan fingerprint density at radius 1 is 1.08 bits per heavy atom. The van der Waals surface area contributed by atoms with Crippen LogP contribution in [0.4, 0.5) is 15.8 Å². The van der Waals surface area contributed by atoms with Gasteiger partial charge in [0.25, 0.3) is 0 Å². The summed E-state index contributed by atoms with van der Waals surface area (Å²) in [5.74, 6) is -1.58. The predicted molar refractivity (Wildman–Crippen MR) is 88.0 cm³/mol. The molecule has 1 heterocycles. The molecule has 120 valence electrons. The second-order valence-corrected chi connectivity index (χ2v) is 5.07. The first kappa shape index (κ1) is 15.5. The van der Waals surface area contributed by atoms with Crippen LogP contribution in [0.2, 0.25) is 0 Å². The van der Waals surface area contributed by atoms with Gasteiger partial charge in [-0.2, -0.15) is 0 Å². The maximum Gasteiger partial charge on any atom is 0.337 e. The first-order valence-corrected chi connectivity index (χ1v) is 7.09. The van der Waals surface area contributed by atoms with E-state index in [-0.39, 0.29) is 16.9 Å². The molecule has 1 aromatic heterocycles. The molecule has 0 aliphatic heterocycles. The highest BCUT2D eigenvalue weighted by molar-refractivity contribution is 5.95. The van der Waals surface area contributed by atoms with Crippen LogP contribution in [0.15, 0.2) is 60.8 Å². The van der Waals surface area contributed by atoms with Crippen LogP contribution in [0.1, 0.15) is 10.4 Å². The highest BCUT2D eigenvalue weighted by atomic mass is 19.1. The lowest BCUT2D eigenvalue weighted by atomic mass is 10.1. The number of para-hydroxylation sites is 1. The second-order valence-electron chi connectivity index (χ2n) is 5.07.